The highest BCUT2D eigenvalue weighted by Gasteiger charge is 2.44. The molecule has 170 valence electrons. The number of rotatable bonds is 7. The molecule has 0 aromatic heterocycles. The Morgan fingerprint density at radius 1 is 1.06 bits per heavy atom. The molecule has 0 radical (unpaired) electrons. The molecule has 1 heterocycles. The molecule has 0 saturated carbocycles. The predicted octanol–water partition coefficient (Wildman–Crippen LogP) is 3.77. The van der Waals surface area contributed by atoms with E-state index in [1.165, 1.54) is 24.3 Å². The standard InChI is InChI=1S/C26H25NO6/c1-17-7-13-22(14-8-17)33-24(23(29)19-9-11-21(28)12-10-19)25(30)27-20(16-32-26(27)31)15-18-5-3-2-4-6-18/h2-14,20,23-24,28-29H,15-16H2,1H3/t20?,23-,24+/m1/s1. The Morgan fingerprint density at radius 2 is 1.73 bits per heavy atom. The molecule has 2 amide bonds. The van der Waals surface area contributed by atoms with Crippen LogP contribution in [-0.2, 0) is 16.0 Å². The van der Waals surface area contributed by atoms with Crippen LogP contribution in [0.2, 0.25) is 0 Å². The number of hydrogen-bond donors (Lipinski definition) is 2. The normalized spacial score (nSPS) is 17.3. The van der Waals surface area contributed by atoms with Crippen LogP contribution in [0, 0.1) is 6.92 Å². The van der Waals surface area contributed by atoms with Gasteiger partial charge in [-0.25, -0.2) is 9.69 Å². The summed E-state index contributed by atoms with van der Waals surface area (Å²) in [7, 11) is 0. The molecule has 7 heteroatoms. The lowest BCUT2D eigenvalue weighted by Gasteiger charge is -2.28. The number of benzene rings is 3. The van der Waals surface area contributed by atoms with E-state index in [0.717, 1.165) is 16.0 Å². The Hall–Kier alpha value is -3.84. The second kappa shape index (κ2) is 9.75. The van der Waals surface area contributed by atoms with E-state index in [-0.39, 0.29) is 12.4 Å². The molecule has 0 spiro atoms. The third kappa shape index (κ3) is 5.15. The highest BCUT2D eigenvalue weighted by molar-refractivity contribution is 5.96. The van der Waals surface area contributed by atoms with Gasteiger partial charge < -0.3 is 19.7 Å². The molecule has 1 aliphatic heterocycles. The van der Waals surface area contributed by atoms with Crippen LogP contribution in [0.25, 0.3) is 0 Å². The van der Waals surface area contributed by atoms with E-state index < -0.39 is 30.3 Å². The van der Waals surface area contributed by atoms with Crippen molar-refractivity contribution in [3.63, 3.8) is 0 Å². The Morgan fingerprint density at radius 3 is 2.39 bits per heavy atom. The molecule has 33 heavy (non-hydrogen) atoms. The van der Waals surface area contributed by atoms with Gasteiger partial charge in [0.25, 0.3) is 5.91 Å². The zero-order valence-corrected chi connectivity index (χ0v) is 18.1. The summed E-state index contributed by atoms with van der Waals surface area (Å²) in [6.45, 7) is 1.98. The van der Waals surface area contributed by atoms with Crippen LogP contribution >= 0.6 is 0 Å². The smallest absolute Gasteiger partial charge is 0.417 e. The fourth-order valence-corrected chi connectivity index (χ4v) is 3.76. The summed E-state index contributed by atoms with van der Waals surface area (Å²) in [6.07, 6.45) is -3.13. The number of ether oxygens (including phenoxy) is 2. The minimum absolute atomic E-state index is 0.0272. The Bertz CT molecular complexity index is 1100. The fourth-order valence-electron chi connectivity index (χ4n) is 3.76. The van der Waals surface area contributed by atoms with Gasteiger partial charge in [0.15, 0.2) is 0 Å². The molecule has 3 aromatic rings. The van der Waals surface area contributed by atoms with Crippen LogP contribution in [0.3, 0.4) is 0 Å². The number of aliphatic hydroxyl groups is 1. The minimum atomic E-state index is -1.40. The van der Waals surface area contributed by atoms with E-state index in [4.69, 9.17) is 9.47 Å². The van der Waals surface area contributed by atoms with Crippen LogP contribution in [0.5, 0.6) is 11.5 Å². The van der Waals surface area contributed by atoms with Crippen molar-refractivity contribution in [2.45, 2.75) is 31.6 Å². The second-order valence-electron chi connectivity index (χ2n) is 8.02. The molecule has 3 aromatic carbocycles. The number of aliphatic hydroxyl groups excluding tert-OH is 1. The quantitative estimate of drug-likeness (QED) is 0.572. The first-order valence-electron chi connectivity index (χ1n) is 10.7. The molecule has 2 N–H and O–H groups in total. The largest absolute Gasteiger partial charge is 0.508 e. The van der Waals surface area contributed by atoms with Crippen LogP contribution in [0.1, 0.15) is 22.8 Å². The number of aryl methyl sites for hydroxylation is 1. The number of hydrogen-bond acceptors (Lipinski definition) is 6. The SMILES string of the molecule is Cc1ccc(O[C@H](C(=O)N2C(=O)OCC2Cc2ccccc2)[C@H](O)c2ccc(O)cc2)cc1. The van der Waals surface area contributed by atoms with Crippen LogP contribution < -0.4 is 4.74 Å². The van der Waals surface area contributed by atoms with Crippen LogP contribution in [0.15, 0.2) is 78.9 Å². The van der Waals surface area contributed by atoms with Gasteiger partial charge in [-0.2, -0.15) is 0 Å². The van der Waals surface area contributed by atoms with Crippen molar-refractivity contribution >= 4 is 12.0 Å². The van der Waals surface area contributed by atoms with Gasteiger partial charge in [0.05, 0.1) is 6.04 Å². The number of imide groups is 1. The van der Waals surface area contributed by atoms with Gasteiger partial charge in [-0.05, 0) is 48.7 Å². The topological polar surface area (TPSA) is 96.3 Å². The molecule has 3 atom stereocenters. The van der Waals surface area contributed by atoms with E-state index in [2.05, 4.69) is 0 Å². The Balaban J connectivity index is 1.63. The third-order valence-corrected chi connectivity index (χ3v) is 5.56. The van der Waals surface area contributed by atoms with E-state index in [9.17, 15) is 19.8 Å². The summed E-state index contributed by atoms with van der Waals surface area (Å²) in [5.74, 6) is -0.289. The molecule has 7 nitrogen and oxygen atoms in total. The van der Waals surface area contributed by atoms with Gasteiger partial charge in [0.2, 0.25) is 6.10 Å². The average Bonchev–Trinajstić information content (AvgIpc) is 3.18. The third-order valence-electron chi connectivity index (χ3n) is 5.56. The monoisotopic (exact) mass is 447 g/mol. The summed E-state index contributed by atoms with van der Waals surface area (Å²) < 4.78 is 11.1. The number of carbonyl (C=O) groups excluding carboxylic acids is 2. The number of phenols is 1. The molecule has 1 saturated heterocycles. The maximum Gasteiger partial charge on any atom is 0.417 e. The number of cyclic esters (lactones) is 1. The summed E-state index contributed by atoms with van der Waals surface area (Å²) in [5.41, 5.74) is 2.33. The van der Waals surface area contributed by atoms with Gasteiger partial charge in [-0.1, -0.05) is 60.2 Å². The molecular formula is C26H25NO6. The zero-order chi connectivity index (χ0) is 23.4. The molecule has 0 bridgehead atoms. The number of phenolic OH excluding ortho intramolecular Hbond substituents is 1. The van der Waals surface area contributed by atoms with E-state index in [1.807, 2.05) is 49.4 Å². The van der Waals surface area contributed by atoms with Gasteiger partial charge in [0.1, 0.15) is 24.2 Å². The van der Waals surface area contributed by atoms with Crippen molar-refractivity contribution in [2.24, 2.45) is 0 Å². The van der Waals surface area contributed by atoms with Gasteiger partial charge in [-0.3, -0.25) is 4.79 Å². The van der Waals surface area contributed by atoms with Crippen molar-refractivity contribution in [2.75, 3.05) is 6.61 Å². The van der Waals surface area contributed by atoms with Gasteiger partial charge >= 0.3 is 6.09 Å². The maximum absolute atomic E-state index is 13.6. The highest BCUT2D eigenvalue weighted by atomic mass is 16.6. The zero-order valence-electron chi connectivity index (χ0n) is 18.1. The number of amides is 2. The number of carbonyl (C=O) groups is 2. The molecule has 1 aliphatic rings. The van der Waals surface area contributed by atoms with E-state index >= 15 is 0 Å². The fraction of sp³-hybridized carbons (Fsp3) is 0.231. The first kappa shape index (κ1) is 22.4. The van der Waals surface area contributed by atoms with Crippen molar-refractivity contribution in [3.05, 3.63) is 95.6 Å². The summed E-state index contributed by atoms with van der Waals surface area (Å²) >= 11 is 0. The first-order valence-corrected chi connectivity index (χ1v) is 10.7. The van der Waals surface area contributed by atoms with Crippen molar-refractivity contribution in [1.82, 2.24) is 4.90 Å². The van der Waals surface area contributed by atoms with Crippen molar-refractivity contribution in [1.29, 1.82) is 0 Å². The summed E-state index contributed by atoms with van der Waals surface area (Å²) in [6, 6.07) is 21.8. The van der Waals surface area contributed by atoms with E-state index in [1.54, 1.807) is 12.1 Å². The Kier molecular flexibility index (Phi) is 6.60. The highest BCUT2D eigenvalue weighted by Crippen LogP contribution is 2.28. The minimum Gasteiger partial charge on any atom is -0.508 e. The van der Waals surface area contributed by atoms with Gasteiger partial charge in [0, 0.05) is 0 Å². The van der Waals surface area contributed by atoms with Gasteiger partial charge in [-0.15, -0.1) is 0 Å². The summed E-state index contributed by atoms with van der Waals surface area (Å²) in [4.78, 5) is 27.2. The average molecular weight is 447 g/mol. The lowest BCUT2D eigenvalue weighted by atomic mass is 10.0. The number of nitrogens with zero attached hydrogens (tertiary/aromatic N) is 1. The molecule has 0 aliphatic carbocycles. The molecular weight excluding hydrogens is 422 g/mol. The van der Waals surface area contributed by atoms with E-state index in [0.29, 0.717) is 17.7 Å². The lowest BCUT2D eigenvalue weighted by Crippen LogP contribution is -2.49. The predicted molar refractivity (Wildman–Crippen MR) is 121 cm³/mol. The molecule has 1 fully saturated rings. The summed E-state index contributed by atoms with van der Waals surface area (Å²) in [5, 5.41) is 20.7. The Labute approximate surface area is 191 Å². The van der Waals surface area contributed by atoms with Crippen LogP contribution in [-0.4, -0.2) is 45.9 Å². The second-order valence-corrected chi connectivity index (χ2v) is 8.02. The lowest BCUT2D eigenvalue weighted by molar-refractivity contribution is -0.142. The van der Waals surface area contributed by atoms with Crippen molar-refractivity contribution in [3.8, 4) is 11.5 Å². The molecule has 4 rings (SSSR count). The van der Waals surface area contributed by atoms with Crippen LogP contribution in [0.4, 0.5) is 4.79 Å². The number of aromatic hydroxyl groups is 1. The first-order chi connectivity index (χ1) is 15.9. The van der Waals surface area contributed by atoms with Crippen molar-refractivity contribution < 1.29 is 29.3 Å². The maximum atomic E-state index is 13.6. The molecule has 1 unspecified atom stereocenters.